The maximum atomic E-state index is 13.1. The number of nitrogens with one attached hydrogen (secondary N) is 1. The number of hydrogen-bond donors (Lipinski definition) is 2. The third-order valence-electron chi connectivity index (χ3n) is 4.95. The molecule has 1 amide bonds. The van der Waals surface area contributed by atoms with Gasteiger partial charge in [-0.1, -0.05) is 47.5 Å². The molecule has 0 heterocycles. The molecule has 35 heavy (non-hydrogen) atoms. The number of rotatable bonds is 8. The first-order valence-electron chi connectivity index (χ1n) is 10.5. The lowest BCUT2D eigenvalue weighted by molar-refractivity contribution is -0.157. The van der Waals surface area contributed by atoms with Crippen LogP contribution in [0.4, 0.5) is 5.69 Å². The fraction of sp³-hybridized carbons (Fsp3) is 0.154. The zero-order chi connectivity index (χ0) is 25.5. The normalized spacial score (nSPS) is 12.2. The number of ether oxygens (including phenoxy) is 2. The Kier molecular flexibility index (Phi) is 8.38. The molecule has 0 aliphatic heterocycles. The van der Waals surface area contributed by atoms with Crippen LogP contribution in [0.15, 0.2) is 77.3 Å². The minimum absolute atomic E-state index is 0.0803. The van der Waals surface area contributed by atoms with E-state index in [-0.39, 0.29) is 11.1 Å². The molecule has 0 radical (unpaired) electrons. The number of carboxylic acids is 1. The lowest BCUT2D eigenvalue weighted by atomic mass is 10.1. The monoisotopic (exact) mass is 539 g/mol. The lowest BCUT2D eigenvalue weighted by Gasteiger charge is -2.24. The summed E-state index contributed by atoms with van der Waals surface area (Å²) in [6.45, 7) is 3.65. The van der Waals surface area contributed by atoms with E-state index in [1.165, 1.54) is 24.3 Å². The summed E-state index contributed by atoms with van der Waals surface area (Å²) >= 11 is 3.29. The number of benzene rings is 3. The van der Waals surface area contributed by atoms with Gasteiger partial charge in [0.15, 0.2) is 0 Å². The zero-order valence-corrected chi connectivity index (χ0v) is 20.4. The fourth-order valence-corrected chi connectivity index (χ4v) is 3.39. The number of anilines is 1. The Morgan fingerprint density at radius 3 is 1.66 bits per heavy atom. The van der Waals surface area contributed by atoms with Gasteiger partial charge in [-0.3, -0.25) is 4.79 Å². The Bertz CT molecular complexity index is 1240. The highest BCUT2D eigenvalue weighted by Crippen LogP contribution is 2.23. The minimum atomic E-state index is -2.11. The van der Waals surface area contributed by atoms with Gasteiger partial charge in [0.05, 0.1) is 16.8 Å². The van der Waals surface area contributed by atoms with Crippen LogP contribution < -0.4 is 5.32 Å². The molecule has 8 nitrogen and oxygen atoms in total. The van der Waals surface area contributed by atoms with Crippen molar-refractivity contribution in [1.82, 2.24) is 0 Å². The molecular weight excluding hydrogens is 518 g/mol. The smallest absolute Gasteiger partial charge is 0.349 e. The Morgan fingerprint density at radius 2 is 1.20 bits per heavy atom. The average molecular weight is 540 g/mol. The molecule has 0 fully saturated rings. The van der Waals surface area contributed by atoms with Crippen molar-refractivity contribution in [2.24, 2.45) is 0 Å². The molecule has 3 aromatic rings. The van der Waals surface area contributed by atoms with Crippen molar-refractivity contribution < 1.29 is 33.8 Å². The largest absolute Gasteiger partial charge is 0.478 e. The van der Waals surface area contributed by atoms with Gasteiger partial charge in [-0.15, -0.1) is 0 Å². The average Bonchev–Trinajstić information content (AvgIpc) is 2.83. The molecule has 0 bridgehead atoms. The fourth-order valence-electron chi connectivity index (χ4n) is 3.01. The molecule has 0 unspecified atom stereocenters. The third-order valence-corrected chi connectivity index (χ3v) is 5.64. The van der Waals surface area contributed by atoms with Crippen molar-refractivity contribution in [3.8, 4) is 0 Å². The van der Waals surface area contributed by atoms with Gasteiger partial charge in [0.25, 0.3) is 5.91 Å². The van der Waals surface area contributed by atoms with Crippen LogP contribution in [-0.4, -0.2) is 41.1 Å². The van der Waals surface area contributed by atoms with E-state index in [2.05, 4.69) is 21.2 Å². The van der Waals surface area contributed by atoms with Gasteiger partial charge in [0, 0.05) is 4.47 Å². The first kappa shape index (κ1) is 25.6. The van der Waals surface area contributed by atoms with Gasteiger partial charge in [0.2, 0.25) is 12.2 Å². The summed E-state index contributed by atoms with van der Waals surface area (Å²) in [6, 6.07) is 19.1. The Labute approximate surface area is 210 Å². The van der Waals surface area contributed by atoms with E-state index < -0.39 is 36.0 Å². The lowest BCUT2D eigenvalue weighted by Crippen LogP contribution is -2.48. The second-order valence-corrected chi connectivity index (χ2v) is 8.55. The second kappa shape index (κ2) is 11.4. The molecule has 0 saturated carbocycles. The highest BCUT2D eigenvalue weighted by Gasteiger charge is 2.41. The van der Waals surface area contributed by atoms with Crippen molar-refractivity contribution in [1.29, 1.82) is 0 Å². The van der Waals surface area contributed by atoms with E-state index in [1.807, 2.05) is 13.8 Å². The Balaban J connectivity index is 1.91. The molecule has 180 valence electrons. The maximum Gasteiger partial charge on any atom is 0.349 e. The molecule has 2 N–H and O–H groups in total. The van der Waals surface area contributed by atoms with E-state index in [0.717, 1.165) is 11.1 Å². The highest BCUT2D eigenvalue weighted by molar-refractivity contribution is 9.10. The first-order chi connectivity index (χ1) is 16.7. The molecule has 0 aliphatic carbocycles. The van der Waals surface area contributed by atoms with E-state index in [4.69, 9.17) is 9.47 Å². The number of hydrogen-bond acceptors (Lipinski definition) is 6. The molecule has 3 aromatic carbocycles. The molecular formula is C26H22BrNO7. The van der Waals surface area contributed by atoms with Crippen LogP contribution in [0.1, 0.15) is 31.8 Å². The van der Waals surface area contributed by atoms with Crippen LogP contribution >= 0.6 is 15.9 Å². The predicted molar refractivity (Wildman–Crippen MR) is 131 cm³/mol. The molecule has 3 rings (SSSR count). The molecule has 0 aromatic heterocycles. The summed E-state index contributed by atoms with van der Waals surface area (Å²) in [4.78, 5) is 50.6. The zero-order valence-electron chi connectivity index (χ0n) is 18.9. The number of carboxylic acid groups (broad SMARTS) is 1. The minimum Gasteiger partial charge on any atom is -0.478 e. The van der Waals surface area contributed by atoms with Gasteiger partial charge in [-0.25, -0.2) is 14.4 Å². The molecule has 2 atom stereocenters. The first-order valence-corrected chi connectivity index (χ1v) is 11.3. The molecule has 0 saturated heterocycles. The topological polar surface area (TPSA) is 119 Å². The SMILES string of the molecule is Cc1ccc(C(=O)O[C@H](C(=O)O)[C@H](OC(=O)c2ccc(C)cc2)C(=O)Nc2ccccc2Br)cc1. The van der Waals surface area contributed by atoms with Crippen LogP contribution in [0.5, 0.6) is 0 Å². The maximum absolute atomic E-state index is 13.1. The summed E-state index contributed by atoms with van der Waals surface area (Å²) in [5.74, 6) is -4.58. The quantitative estimate of drug-likeness (QED) is 0.403. The van der Waals surface area contributed by atoms with E-state index in [9.17, 15) is 24.3 Å². The van der Waals surface area contributed by atoms with Crippen LogP contribution in [0.2, 0.25) is 0 Å². The van der Waals surface area contributed by atoms with Crippen LogP contribution in [0.3, 0.4) is 0 Å². The molecule has 0 aliphatic rings. The van der Waals surface area contributed by atoms with Gasteiger partial charge < -0.3 is 19.9 Å². The van der Waals surface area contributed by atoms with Crippen molar-refractivity contribution >= 4 is 45.4 Å². The van der Waals surface area contributed by atoms with Crippen molar-refractivity contribution in [2.45, 2.75) is 26.1 Å². The van der Waals surface area contributed by atoms with Gasteiger partial charge in [-0.2, -0.15) is 0 Å². The highest BCUT2D eigenvalue weighted by atomic mass is 79.9. The Hall–Kier alpha value is -3.98. The van der Waals surface area contributed by atoms with E-state index >= 15 is 0 Å². The van der Waals surface area contributed by atoms with Crippen LogP contribution in [0.25, 0.3) is 0 Å². The van der Waals surface area contributed by atoms with Gasteiger partial charge >= 0.3 is 17.9 Å². The van der Waals surface area contributed by atoms with Crippen molar-refractivity contribution in [2.75, 3.05) is 5.32 Å². The summed E-state index contributed by atoms with van der Waals surface area (Å²) < 4.78 is 11.0. The predicted octanol–water partition coefficient (Wildman–Crippen LogP) is 4.54. The summed E-state index contributed by atoms with van der Waals surface area (Å²) in [6.07, 6.45) is -4.09. The van der Waals surface area contributed by atoms with Crippen LogP contribution in [-0.2, 0) is 19.1 Å². The number of para-hydroxylation sites is 1. The number of amides is 1. The number of esters is 2. The Morgan fingerprint density at radius 1 is 0.743 bits per heavy atom. The van der Waals surface area contributed by atoms with Gasteiger partial charge in [-0.05, 0) is 66.2 Å². The summed E-state index contributed by atoms with van der Waals surface area (Å²) in [5.41, 5.74) is 2.26. The van der Waals surface area contributed by atoms with E-state index in [1.54, 1.807) is 48.5 Å². The number of halogens is 1. The van der Waals surface area contributed by atoms with Crippen molar-refractivity contribution in [3.05, 3.63) is 99.5 Å². The summed E-state index contributed by atoms with van der Waals surface area (Å²) in [5, 5.41) is 12.3. The number of aliphatic carboxylic acids is 1. The summed E-state index contributed by atoms with van der Waals surface area (Å²) in [7, 11) is 0. The number of carbonyl (C=O) groups is 4. The standard InChI is InChI=1S/C26H22BrNO7/c1-15-7-11-17(12-8-15)25(32)34-21(23(29)28-20-6-4-3-5-19(20)27)22(24(30)31)35-26(33)18-13-9-16(2)10-14-18/h3-14,21-22H,1-2H3,(H,28,29)(H,30,31)/t21-,22-/m0/s1. The van der Waals surface area contributed by atoms with E-state index in [0.29, 0.717) is 10.2 Å². The van der Waals surface area contributed by atoms with Crippen LogP contribution in [0, 0.1) is 13.8 Å². The van der Waals surface area contributed by atoms with Gasteiger partial charge in [0.1, 0.15) is 0 Å². The third kappa shape index (κ3) is 6.77. The van der Waals surface area contributed by atoms with Crippen molar-refractivity contribution in [3.63, 3.8) is 0 Å². The number of carbonyl (C=O) groups excluding carboxylic acids is 3. The molecule has 9 heteroatoms. The second-order valence-electron chi connectivity index (χ2n) is 7.69. The number of aryl methyl sites for hydroxylation is 2. The molecule has 0 spiro atoms.